The Morgan fingerprint density at radius 2 is 1.93 bits per heavy atom. The maximum absolute atomic E-state index is 5.54. The number of hydrogen-bond acceptors (Lipinski definition) is 1. The Kier molecular flexibility index (Phi) is 4.29. The average Bonchev–Trinajstić information content (AvgIpc) is 2.20. The molecule has 0 aliphatic carbocycles. The summed E-state index contributed by atoms with van der Waals surface area (Å²) in [4.78, 5) is 0. The van der Waals surface area contributed by atoms with Gasteiger partial charge >= 0.3 is 0 Å². The lowest BCUT2D eigenvalue weighted by molar-refractivity contribution is 0.428. The summed E-state index contributed by atoms with van der Waals surface area (Å²) in [6.45, 7) is 5.50. The Balaban J connectivity index is 2.57. The standard InChI is InChI=1S/C13H14O/c1-3-4-6-9-12(2)14-13-10-7-5-8-11-13/h3-11H,1H2,2H3/b6-4-,12-9+. The fourth-order valence-corrected chi connectivity index (χ4v) is 0.978. The van der Waals surface area contributed by atoms with Crippen LogP contribution in [-0.2, 0) is 0 Å². The molecule has 0 N–H and O–H groups in total. The van der Waals surface area contributed by atoms with E-state index in [0.29, 0.717) is 0 Å². The lowest BCUT2D eigenvalue weighted by Crippen LogP contribution is -1.88. The van der Waals surface area contributed by atoms with E-state index in [0.717, 1.165) is 11.5 Å². The first-order valence-electron chi connectivity index (χ1n) is 4.52. The molecule has 1 nitrogen and oxygen atoms in total. The van der Waals surface area contributed by atoms with E-state index >= 15 is 0 Å². The summed E-state index contributed by atoms with van der Waals surface area (Å²) in [5, 5.41) is 0. The molecule has 0 spiro atoms. The van der Waals surface area contributed by atoms with E-state index in [2.05, 4.69) is 6.58 Å². The van der Waals surface area contributed by atoms with Crippen molar-refractivity contribution in [1.82, 2.24) is 0 Å². The lowest BCUT2D eigenvalue weighted by Gasteiger charge is -2.03. The van der Waals surface area contributed by atoms with Gasteiger partial charge in [0.25, 0.3) is 0 Å². The minimum absolute atomic E-state index is 0.855. The van der Waals surface area contributed by atoms with Crippen LogP contribution in [-0.4, -0.2) is 0 Å². The van der Waals surface area contributed by atoms with Crippen molar-refractivity contribution in [3.63, 3.8) is 0 Å². The first-order chi connectivity index (χ1) is 6.83. The van der Waals surface area contributed by atoms with Crippen molar-refractivity contribution in [3.05, 3.63) is 67.0 Å². The highest BCUT2D eigenvalue weighted by Gasteiger charge is 1.90. The molecule has 0 saturated carbocycles. The summed E-state index contributed by atoms with van der Waals surface area (Å²) in [5.74, 6) is 1.71. The maximum Gasteiger partial charge on any atom is 0.126 e. The Hall–Kier alpha value is -1.76. The summed E-state index contributed by atoms with van der Waals surface area (Å²) < 4.78 is 5.54. The normalized spacial score (nSPS) is 11.6. The predicted octanol–water partition coefficient (Wildman–Crippen LogP) is 3.71. The second kappa shape index (κ2) is 5.81. The van der Waals surface area contributed by atoms with Crippen LogP contribution in [0.5, 0.6) is 5.75 Å². The van der Waals surface area contributed by atoms with Gasteiger partial charge in [-0.3, -0.25) is 0 Å². The third kappa shape index (κ3) is 3.76. The maximum atomic E-state index is 5.54. The number of para-hydroxylation sites is 1. The Labute approximate surface area is 85.0 Å². The van der Waals surface area contributed by atoms with Crippen molar-refractivity contribution >= 4 is 0 Å². The molecule has 0 heterocycles. The van der Waals surface area contributed by atoms with Gasteiger partial charge in [0.05, 0.1) is 0 Å². The molecule has 0 amide bonds. The first kappa shape index (κ1) is 10.3. The third-order valence-corrected chi connectivity index (χ3v) is 1.60. The van der Waals surface area contributed by atoms with Crippen LogP contribution in [0.4, 0.5) is 0 Å². The molecule has 14 heavy (non-hydrogen) atoms. The van der Waals surface area contributed by atoms with Gasteiger partial charge in [0.15, 0.2) is 0 Å². The van der Waals surface area contributed by atoms with E-state index in [4.69, 9.17) is 4.74 Å². The van der Waals surface area contributed by atoms with Crippen molar-refractivity contribution in [2.75, 3.05) is 0 Å². The number of benzene rings is 1. The molecule has 1 aromatic rings. The van der Waals surface area contributed by atoms with Gasteiger partial charge in [0.1, 0.15) is 11.5 Å². The fraction of sp³-hybridized carbons (Fsp3) is 0.0769. The predicted molar refractivity (Wildman–Crippen MR) is 60.2 cm³/mol. The van der Waals surface area contributed by atoms with E-state index in [1.165, 1.54) is 0 Å². The fourth-order valence-electron chi connectivity index (χ4n) is 0.978. The van der Waals surface area contributed by atoms with E-state index in [1.54, 1.807) is 6.08 Å². The van der Waals surface area contributed by atoms with E-state index in [9.17, 15) is 0 Å². The highest BCUT2D eigenvalue weighted by Crippen LogP contribution is 2.12. The summed E-state index contributed by atoms with van der Waals surface area (Å²) >= 11 is 0. The first-order valence-corrected chi connectivity index (χ1v) is 4.52. The van der Waals surface area contributed by atoms with Crippen LogP contribution < -0.4 is 4.74 Å². The van der Waals surface area contributed by atoms with Gasteiger partial charge in [-0.15, -0.1) is 0 Å². The van der Waals surface area contributed by atoms with Gasteiger partial charge in [-0.1, -0.05) is 43.0 Å². The smallest absolute Gasteiger partial charge is 0.126 e. The van der Waals surface area contributed by atoms with Crippen molar-refractivity contribution in [3.8, 4) is 5.75 Å². The molecular weight excluding hydrogens is 172 g/mol. The molecule has 0 bridgehead atoms. The molecular formula is C13H14O. The zero-order valence-corrected chi connectivity index (χ0v) is 8.31. The summed E-state index contributed by atoms with van der Waals surface area (Å²) in [7, 11) is 0. The monoisotopic (exact) mass is 186 g/mol. The average molecular weight is 186 g/mol. The number of rotatable bonds is 4. The quantitative estimate of drug-likeness (QED) is 0.514. The van der Waals surface area contributed by atoms with Gasteiger partial charge in [-0.05, 0) is 25.1 Å². The molecule has 1 rings (SSSR count). The number of ether oxygens (including phenoxy) is 1. The highest BCUT2D eigenvalue weighted by molar-refractivity contribution is 5.24. The van der Waals surface area contributed by atoms with E-state index in [1.807, 2.05) is 55.5 Å². The lowest BCUT2D eigenvalue weighted by atomic mass is 10.3. The zero-order valence-electron chi connectivity index (χ0n) is 8.31. The molecule has 0 fully saturated rings. The molecule has 72 valence electrons. The van der Waals surface area contributed by atoms with Gasteiger partial charge in [-0.25, -0.2) is 0 Å². The summed E-state index contributed by atoms with van der Waals surface area (Å²) in [6, 6.07) is 9.71. The van der Waals surface area contributed by atoms with Crippen LogP contribution >= 0.6 is 0 Å². The second-order valence-electron chi connectivity index (χ2n) is 2.81. The van der Waals surface area contributed by atoms with Crippen LogP contribution in [0.1, 0.15) is 6.92 Å². The topological polar surface area (TPSA) is 9.23 Å². The van der Waals surface area contributed by atoms with Crippen LogP contribution in [0.3, 0.4) is 0 Å². The second-order valence-corrected chi connectivity index (χ2v) is 2.81. The Morgan fingerprint density at radius 3 is 2.57 bits per heavy atom. The van der Waals surface area contributed by atoms with Gasteiger partial charge in [0.2, 0.25) is 0 Å². The van der Waals surface area contributed by atoms with Crippen LogP contribution in [0.2, 0.25) is 0 Å². The SMILES string of the molecule is C=C/C=C\C=C(/C)Oc1ccccc1. The molecule has 0 saturated heterocycles. The van der Waals surface area contributed by atoms with Crippen molar-refractivity contribution in [2.45, 2.75) is 6.92 Å². The van der Waals surface area contributed by atoms with Gasteiger partial charge < -0.3 is 4.74 Å². The molecule has 0 atom stereocenters. The van der Waals surface area contributed by atoms with E-state index < -0.39 is 0 Å². The number of hydrogen-bond donors (Lipinski definition) is 0. The van der Waals surface area contributed by atoms with Crippen molar-refractivity contribution in [1.29, 1.82) is 0 Å². The van der Waals surface area contributed by atoms with Crippen LogP contribution in [0.25, 0.3) is 0 Å². The summed E-state index contributed by atoms with van der Waals surface area (Å²) in [6.07, 6.45) is 7.38. The number of allylic oxidation sites excluding steroid dienone is 5. The van der Waals surface area contributed by atoms with Crippen molar-refractivity contribution < 1.29 is 4.74 Å². The molecule has 0 radical (unpaired) electrons. The minimum Gasteiger partial charge on any atom is -0.462 e. The minimum atomic E-state index is 0.855. The Bertz CT molecular complexity index is 334. The molecule has 0 unspecified atom stereocenters. The molecule has 0 aliphatic rings. The molecule has 0 aromatic heterocycles. The van der Waals surface area contributed by atoms with Crippen LogP contribution in [0.15, 0.2) is 67.0 Å². The molecule has 1 heteroatoms. The van der Waals surface area contributed by atoms with Gasteiger partial charge in [-0.2, -0.15) is 0 Å². The summed E-state index contributed by atoms with van der Waals surface area (Å²) in [5.41, 5.74) is 0. The third-order valence-electron chi connectivity index (χ3n) is 1.60. The van der Waals surface area contributed by atoms with E-state index in [-0.39, 0.29) is 0 Å². The zero-order chi connectivity index (χ0) is 10.2. The Morgan fingerprint density at radius 1 is 1.21 bits per heavy atom. The highest BCUT2D eigenvalue weighted by atomic mass is 16.5. The van der Waals surface area contributed by atoms with Crippen LogP contribution in [0, 0.1) is 0 Å². The van der Waals surface area contributed by atoms with Gasteiger partial charge in [0, 0.05) is 0 Å². The molecule has 0 aliphatic heterocycles. The molecule has 1 aromatic carbocycles. The van der Waals surface area contributed by atoms with Crippen molar-refractivity contribution in [2.24, 2.45) is 0 Å². The largest absolute Gasteiger partial charge is 0.462 e.